The molecule has 6 heterocycles. The smallest absolute Gasteiger partial charge is 0.375 e. The van der Waals surface area contributed by atoms with Crippen LogP contribution >= 0.6 is 11.6 Å². The van der Waals surface area contributed by atoms with Gasteiger partial charge in [0.1, 0.15) is 40.0 Å². The monoisotopic (exact) mass is 1030 g/mol. The van der Waals surface area contributed by atoms with Crippen LogP contribution in [0.5, 0.6) is 0 Å². The van der Waals surface area contributed by atoms with Gasteiger partial charge in [-0.15, -0.1) is 11.6 Å². The molecule has 0 radical (unpaired) electrons. The lowest BCUT2D eigenvalue weighted by Crippen LogP contribution is -2.87. The Hall–Kier alpha value is -5.94. The second-order valence-electron chi connectivity index (χ2n) is 19.9. The number of ether oxygens (including phenoxy) is 1. The molecule has 4 aromatic heterocycles. The predicted octanol–water partition coefficient (Wildman–Crippen LogP) is 11.4. The van der Waals surface area contributed by atoms with E-state index >= 15 is 30.7 Å². The number of aryl methyl sites for hydroxylation is 2. The zero-order valence-corrected chi connectivity index (χ0v) is 41.0. The highest BCUT2D eigenvalue weighted by atomic mass is 35.5. The Labute approximate surface area is 415 Å². The molecule has 2 aromatic carbocycles. The molecule has 0 bridgehead atoms. The van der Waals surface area contributed by atoms with Crippen LogP contribution < -0.4 is 23.6 Å². The van der Waals surface area contributed by atoms with Gasteiger partial charge in [0.15, 0.2) is 36.9 Å². The number of carbonyl (C=O) groups excluding carboxylic acids is 1. The molecule has 2 aliphatic heterocycles. The first-order valence-electron chi connectivity index (χ1n) is 23.6. The van der Waals surface area contributed by atoms with Gasteiger partial charge in [-0.1, -0.05) is 33.0 Å². The summed E-state index contributed by atoms with van der Waals surface area (Å²) in [4.78, 5) is 13.7. The molecule has 380 valence electrons. The van der Waals surface area contributed by atoms with Crippen molar-refractivity contribution in [2.75, 3.05) is 12.5 Å². The number of hydrogen-bond donors (Lipinski definition) is 1. The number of nitrogens with zero attached hydrogens (tertiary/aromatic N) is 4. The average Bonchev–Trinajstić information content (AvgIpc) is 3.57. The van der Waals surface area contributed by atoms with Gasteiger partial charge in [0.05, 0.1) is 11.2 Å². The van der Waals surface area contributed by atoms with Crippen molar-refractivity contribution in [3.63, 3.8) is 0 Å². The van der Waals surface area contributed by atoms with Crippen LogP contribution in [0.15, 0.2) is 97.6 Å². The zero-order valence-electron chi connectivity index (χ0n) is 40.3. The summed E-state index contributed by atoms with van der Waals surface area (Å²) in [5.74, 6) is -7.14. The van der Waals surface area contributed by atoms with Crippen molar-refractivity contribution >= 4 is 17.5 Å². The van der Waals surface area contributed by atoms with Crippen molar-refractivity contribution in [2.45, 2.75) is 122 Å². The number of rotatable bonds is 14. The van der Waals surface area contributed by atoms with Gasteiger partial charge in [-0.25, -0.2) is 17.6 Å². The molecule has 0 saturated heterocycles. The number of nitrogens with one attached hydrogen (secondary N) is 1. The highest BCUT2D eigenvalue weighted by Crippen LogP contribution is 2.42. The van der Waals surface area contributed by atoms with Crippen molar-refractivity contribution in [2.24, 2.45) is 0 Å². The minimum absolute atomic E-state index is 0.0647. The molecule has 1 atom stereocenters. The van der Waals surface area contributed by atoms with E-state index in [4.69, 9.17) is 16.3 Å². The normalized spacial score (nSPS) is 15.3. The maximum atomic E-state index is 16.7. The molecule has 8 rings (SSSR count). The summed E-state index contributed by atoms with van der Waals surface area (Å²) in [5.41, 5.74) is -4.43. The molecule has 1 amide bonds. The van der Waals surface area contributed by atoms with E-state index < -0.39 is 80.5 Å². The number of fused-ring (bicyclic) bond motifs is 13. The third kappa shape index (κ3) is 10.5. The molecule has 72 heavy (non-hydrogen) atoms. The second kappa shape index (κ2) is 19.8. The van der Waals surface area contributed by atoms with Crippen LogP contribution in [0.25, 0.3) is 33.9 Å². The molecule has 18 heteroatoms. The molecule has 0 saturated carbocycles. The van der Waals surface area contributed by atoms with Crippen LogP contribution in [-0.2, 0) is 40.6 Å². The Balaban J connectivity index is 1.32. The third-order valence-electron chi connectivity index (χ3n) is 13.4. The van der Waals surface area contributed by atoms with Gasteiger partial charge >= 0.3 is 18.1 Å². The molecule has 0 fully saturated rings. The van der Waals surface area contributed by atoms with Crippen LogP contribution in [-0.4, -0.2) is 29.5 Å². The number of alkyl halides is 7. The number of pyridine rings is 4. The van der Waals surface area contributed by atoms with Gasteiger partial charge in [-0.05, 0) is 89.6 Å². The van der Waals surface area contributed by atoms with E-state index in [1.807, 2.05) is 27.7 Å². The lowest BCUT2D eigenvalue weighted by Gasteiger charge is -2.30. The summed E-state index contributed by atoms with van der Waals surface area (Å²) in [7, 11) is 0. The minimum atomic E-state index is -5.13. The van der Waals surface area contributed by atoms with E-state index in [2.05, 4.69) is 5.32 Å². The van der Waals surface area contributed by atoms with Crippen LogP contribution in [0, 0.1) is 30.2 Å². The maximum absolute atomic E-state index is 16.7. The maximum Gasteiger partial charge on any atom is 0.591 e. The van der Waals surface area contributed by atoms with Crippen LogP contribution in [0.1, 0.15) is 106 Å². The van der Waals surface area contributed by atoms with E-state index in [1.54, 1.807) is 35.9 Å². The first kappa shape index (κ1) is 52.4. The topological polar surface area (TPSA) is 53.9 Å². The third-order valence-corrected chi connectivity index (χ3v) is 13.7. The number of amides is 1. The van der Waals surface area contributed by atoms with Crippen molar-refractivity contribution in [1.82, 2.24) is 5.32 Å². The minimum Gasteiger partial charge on any atom is -0.375 e. The van der Waals surface area contributed by atoms with E-state index in [0.29, 0.717) is 66.7 Å². The Morgan fingerprint density at radius 2 is 1.29 bits per heavy atom. The Bertz CT molecular complexity index is 3070. The fourth-order valence-corrected chi connectivity index (χ4v) is 10.1. The standard InChI is InChI=1S/C54H53ClF10N5O2/c1-33-16-21-67-30-35-26-38(56)28-41(58)48(35)43-13-11-36(52(60,61)62)31-69(43)54(40-27-39(57)29-42(59)49(40)44-14-12-37(32-70(44)54)53(63,64)65)68-22-17-34(25-46(68)45(67)24-33)10-15-47(71)66-50(2,3)19-23-72-51(4,5)18-8-6-7-9-20-55/h11-14,16-17,21-22,24-29,31-32H,6-10,15,18-20,23,30H2,1-5H3/q+3/p+1. The molecule has 1 spiro atoms. The highest BCUT2D eigenvalue weighted by molar-refractivity contribution is 6.17. The molecular formula is C54H54ClF10N5O2+4. The molecule has 0 aliphatic carbocycles. The molecular weight excluding hydrogens is 976 g/mol. The van der Waals surface area contributed by atoms with E-state index in [1.165, 1.54) is 16.8 Å². The van der Waals surface area contributed by atoms with E-state index in [9.17, 15) is 18.0 Å². The van der Waals surface area contributed by atoms with Crippen molar-refractivity contribution in [3.8, 4) is 33.9 Å². The van der Waals surface area contributed by atoms with Crippen LogP contribution in [0.2, 0.25) is 0 Å². The molecule has 1 unspecified atom stereocenters. The fraction of sp³-hybridized carbons (Fsp3) is 0.389. The number of benzene rings is 2. The fourth-order valence-electron chi connectivity index (χ4n) is 9.89. The molecule has 1 N–H and O–H groups in total. The quantitative estimate of drug-likeness (QED) is 0.0511. The molecule has 2 aliphatic rings. The summed E-state index contributed by atoms with van der Waals surface area (Å²) in [6.45, 7) is 9.62. The Morgan fingerprint density at radius 1 is 0.681 bits per heavy atom. The first-order chi connectivity index (χ1) is 33.8. The van der Waals surface area contributed by atoms with Crippen molar-refractivity contribution in [3.05, 3.63) is 154 Å². The zero-order chi connectivity index (χ0) is 52.1. The number of carbonyl (C=O) groups is 1. The number of aromatic nitrogens is 4. The lowest BCUT2D eigenvalue weighted by molar-refractivity contribution is -1.15. The van der Waals surface area contributed by atoms with Gasteiger partial charge in [-0.3, -0.25) is 4.79 Å². The van der Waals surface area contributed by atoms with Crippen LogP contribution in [0.3, 0.4) is 0 Å². The predicted molar refractivity (Wildman–Crippen MR) is 247 cm³/mol. The summed E-state index contributed by atoms with van der Waals surface area (Å²) in [6, 6.07) is 12.5. The number of halogens is 11. The summed E-state index contributed by atoms with van der Waals surface area (Å²) >= 11 is 5.81. The number of unbranched alkanes of at least 4 members (excludes halogenated alkanes) is 3. The van der Waals surface area contributed by atoms with E-state index in [0.717, 1.165) is 65.5 Å². The number of hydrogen-bond acceptors (Lipinski definition) is 2. The first-order valence-corrected chi connectivity index (χ1v) is 24.2. The molecule has 7 nitrogen and oxygen atoms in total. The molecule has 6 aromatic rings. The SMILES string of the molecule is Cc1cc[n+]2c(c1)-c1cc(CCC(=O)NC(C)(C)CCOC(C)(C)CCCCCCCl)cc[n+]1C1(c3cc(F)cc(F)c3-c3ccc(C(F)(F)F)c[n+]31)[n+]1cc(C(F)(F)F)ccc1-c1c(F)cc(F)cc1C2. The average molecular weight is 1030 g/mol. The van der Waals surface area contributed by atoms with Gasteiger partial charge in [-0.2, -0.15) is 30.9 Å². The van der Waals surface area contributed by atoms with E-state index in [-0.39, 0.29) is 53.5 Å². The van der Waals surface area contributed by atoms with Gasteiger partial charge in [0.2, 0.25) is 17.3 Å². The summed E-state index contributed by atoms with van der Waals surface area (Å²) < 4.78 is 166. The Kier molecular flexibility index (Phi) is 14.4. The van der Waals surface area contributed by atoms with Crippen molar-refractivity contribution < 1.29 is 71.7 Å². The highest BCUT2D eigenvalue weighted by Gasteiger charge is 2.72. The van der Waals surface area contributed by atoms with Crippen molar-refractivity contribution in [1.29, 1.82) is 0 Å². The van der Waals surface area contributed by atoms with Crippen LogP contribution in [0.4, 0.5) is 43.9 Å². The lowest BCUT2D eigenvalue weighted by atomic mass is 9.95. The second-order valence-corrected chi connectivity index (χ2v) is 20.2. The summed E-state index contributed by atoms with van der Waals surface area (Å²) in [6.07, 6.45) is -0.678. The van der Waals surface area contributed by atoms with Gasteiger partial charge in [0, 0.05) is 84.6 Å². The summed E-state index contributed by atoms with van der Waals surface area (Å²) in [5, 5.41) is 3.07. The largest absolute Gasteiger partial charge is 0.591 e. The van der Waals surface area contributed by atoms with Gasteiger partial charge < -0.3 is 10.1 Å². The Morgan fingerprint density at radius 3 is 1.93 bits per heavy atom. The van der Waals surface area contributed by atoms with Gasteiger partial charge in [0.25, 0.3) is 11.4 Å².